The lowest BCUT2D eigenvalue weighted by Crippen LogP contribution is -2.48. The molecule has 0 aromatic carbocycles. The monoisotopic (exact) mass is 192 g/mol. The summed E-state index contributed by atoms with van der Waals surface area (Å²) in [6.45, 7) is 3.82. The van der Waals surface area contributed by atoms with Crippen LogP contribution < -0.4 is 0 Å². The quantitative estimate of drug-likeness (QED) is 0.632. The van der Waals surface area contributed by atoms with Gasteiger partial charge in [-0.2, -0.15) is 0 Å². The van der Waals surface area contributed by atoms with Crippen LogP contribution in [0.4, 0.5) is 0 Å². The molecule has 14 heavy (non-hydrogen) atoms. The Morgan fingerprint density at radius 2 is 1.86 bits per heavy atom. The Hall–Kier alpha value is -0.560. The second-order valence-electron chi connectivity index (χ2n) is 4.79. The molecule has 0 aromatic heterocycles. The second kappa shape index (κ2) is 3.54. The molecule has 1 N–H and O–H groups in total. The lowest BCUT2D eigenvalue weighted by Gasteiger charge is -2.49. The highest BCUT2D eigenvalue weighted by atomic mass is 16.3. The highest BCUT2D eigenvalue weighted by Gasteiger charge is 2.48. The largest absolute Gasteiger partial charge is 0.385 e. The predicted molar refractivity (Wildman–Crippen MR) is 59.0 cm³/mol. The SMILES string of the molecule is C=CC1(O)CCCCC12C=CCCC2. The summed E-state index contributed by atoms with van der Waals surface area (Å²) in [5, 5.41) is 10.6. The van der Waals surface area contributed by atoms with Crippen molar-refractivity contribution in [3.05, 3.63) is 24.8 Å². The van der Waals surface area contributed by atoms with Crippen molar-refractivity contribution in [2.75, 3.05) is 0 Å². The molecule has 1 nitrogen and oxygen atoms in total. The number of aliphatic hydroxyl groups is 1. The van der Waals surface area contributed by atoms with Gasteiger partial charge in [-0.15, -0.1) is 6.58 Å². The summed E-state index contributed by atoms with van der Waals surface area (Å²) in [4.78, 5) is 0. The molecule has 2 atom stereocenters. The summed E-state index contributed by atoms with van der Waals surface area (Å²) < 4.78 is 0. The molecule has 0 aliphatic heterocycles. The molecule has 2 rings (SSSR count). The van der Waals surface area contributed by atoms with E-state index in [1.165, 1.54) is 19.3 Å². The van der Waals surface area contributed by atoms with E-state index in [-0.39, 0.29) is 5.41 Å². The van der Waals surface area contributed by atoms with Crippen molar-refractivity contribution in [3.63, 3.8) is 0 Å². The third kappa shape index (κ3) is 1.35. The van der Waals surface area contributed by atoms with Gasteiger partial charge in [-0.1, -0.05) is 31.1 Å². The van der Waals surface area contributed by atoms with Crippen LogP contribution in [0.1, 0.15) is 44.9 Å². The summed E-state index contributed by atoms with van der Waals surface area (Å²) in [6.07, 6.45) is 14.2. The Morgan fingerprint density at radius 1 is 1.14 bits per heavy atom. The minimum absolute atomic E-state index is 0.0191. The molecule has 1 spiro atoms. The summed E-state index contributed by atoms with van der Waals surface area (Å²) in [5.41, 5.74) is -0.618. The standard InChI is InChI=1S/C13H20O/c1-2-13(14)11-7-6-10-12(13)8-4-3-5-9-12/h2,4,8,14H,1,3,5-7,9-11H2. The summed E-state index contributed by atoms with van der Waals surface area (Å²) in [6, 6.07) is 0. The zero-order valence-electron chi connectivity index (χ0n) is 8.84. The summed E-state index contributed by atoms with van der Waals surface area (Å²) >= 11 is 0. The maximum absolute atomic E-state index is 10.6. The van der Waals surface area contributed by atoms with Gasteiger partial charge in [0.15, 0.2) is 0 Å². The van der Waals surface area contributed by atoms with Crippen LogP contribution in [-0.4, -0.2) is 10.7 Å². The summed E-state index contributed by atoms with van der Waals surface area (Å²) in [5.74, 6) is 0. The first-order valence-electron chi connectivity index (χ1n) is 5.76. The maximum atomic E-state index is 10.6. The molecule has 2 unspecified atom stereocenters. The zero-order valence-corrected chi connectivity index (χ0v) is 8.84. The van der Waals surface area contributed by atoms with E-state index in [0.717, 1.165) is 25.7 Å². The molecule has 0 bridgehead atoms. The van der Waals surface area contributed by atoms with Gasteiger partial charge in [-0.05, 0) is 32.1 Å². The molecule has 2 aliphatic rings. The molecule has 0 heterocycles. The Bertz CT molecular complexity index is 256. The van der Waals surface area contributed by atoms with Crippen LogP contribution in [0.15, 0.2) is 24.8 Å². The van der Waals surface area contributed by atoms with E-state index in [2.05, 4.69) is 18.7 Å². The van der Waals surface area contributed by atoms with Gasteiger partial charge in [0.05, 0.1) is 5.60 Å². The first-order chi connectivity index (χ1) is 6.72. The molecular formula is C13H20O. The molecule has 1 heteroatoms. The topological polar surface area (TPSA) is 20.2 Å². The molecule has 0 radical (unpaired) electrons. The van der Waals surface area contributed by atoms with E-state index in [4.69, 9.17) is 0 Å². The van der Waals surface area contributed by atoms with Crippen LogP contribution in [0.5, 0.6) is 0 Å². The van der Waals surface area contributed by atoms with Crippen molar-refractivity contribution in [3.8, 4) is 0 Å². The number of allylic oxidation sites excluding steroid dienone is 1. The van der Waals surface area contributed by atoms with Crippen molar-refractivity contribution in [2.24, 2.45) is 5.41 Å². The number of hydrogen-bond donors (Lipinski definition) is 1. The van der Waals surface area contributed by atoms with Crippen LogP contribution in [-0.2, 0) is 0 Å². The zero-order chi connectivity index (χ0) is 10.1. The third-order valence-corrected chi connectivity index (χ3v) is 4.06. The van der Waals surface area contributed by atoms with Crippen molar-refractivity contribution >= 4 is 0 Å². The van der Waals surface area contributed by atoms with Gasteiger partial charge < -0.3 is 5.11 Å². The van der Waals surface area contributed by atoms with E-state index in [1.807, 2.05) is 0 Å². The molecule has 78 valence electrons. The van der Waals surface area contributed by atoms with Crippen LogP contribution in [0.25, 0.3) is 0 Å². The predicted octanol–water partition coefficient (Wildman–Crippen LogP) is 3.20. The molecule has 0 saturated heterocycles. The second-order valence-corrected chi connectivity index (χ2v) is 4.79. The lowest BCUT2D eigenvalue weighted by molar-refractivity contribution is -0.0564. The normalized spacial score (nSPS) is 42.6. The van der Waals surface area contributed by atoms with Gasteiger partial charge >= 0.3 is 0 Å². The van der Waals surface area contributed by atoms with Crippen LogP contribution >= 0.6 is 0 Å². The highest BCUT2D eigenvalue weighted by Crippen LogP contribution is 2.51. The average Bonchev–Trinajstić information content (AvgIpc) is 2.24. The van der Waals surface area contributed by atoms with Gasteiger partial charge in [0.1, 0.15) is 0 Å². The Kier molecular flexibility index (Phi) is 2.52. The van der Waals surface area contributed by atoms with E-state index < -0.39 is 5.60 Å². The molecule has 0 aromatic rings. The van der Waals surface area contributed by atoms with Crippen LogP contribution in [0.2, 0.25) is 0 Å². The van der Waals surface area contributed by atoms with Crippen molar-refractivity contribution in [1.29, 1.82) is 0 Å². The lowest BCUT2D eigenvalue weighted by atomic mass is 9.59. The van der Waals surface area contributed by atoms with Gasteiger partial charge in [-0.25, -0.2) is 0 Å². The van der Waals surface area contributed by atoms with E-state index in [0.29, 0.717) is 0 Å². The molecule has 1 saturated carbocycles. The van der Waals surface area contributed by atoms with Gasteiger partial charge in [0, 0.05) is 5.41 Å². The Labute approximate surface area is 86.5 Å². The molecule has 1 fully saturated rings. The Morgan fingerprint density at radius 3 is 2.50 bits per heavy atom. The fourth-order valence-corrected chi connectivity index (χ4v) is 3.10. The van der Waals surface area contributed by atoms with E-state index in [1.54, 1.807) is 6.08 Å². The average molecular weight is 192 g/mol. The number of hydrogen-bond acceptors (Lipinski definition) is 1. The van der Waals surface area contributed by atoms with Gasteiger partial charge in [-0.3, -0.25) is 0 Å². The molecular weight excluding hydrogens is 172 g/mol. The number of rotatable bonds is 1. The van der Waals surface area contributed by atoms with Crippen LogP contribution in [0.3, 0.4) is 0 Å². The molecule has 2 aliphatic carbocycles. The first-order valence-corrected chi connectivity index (χ1v) is 5.76. The minimum Gasteiger partial charge on any atom is -0.385 e. The smallest absolute Gasteiger partial charge is 0.0915 e. The molecule has 0 amide bonds. The fourth-order valence-electron chi connectivity index (χ4n) is 3.10. The van der Waals surface area contributed by atoms with Crippen LogP contribution in [0, 0.1) is 5.41 Å². The van der Waals surface area contributed by atoms with Crippen molar-refractivity contribution in [1.82, 2.24) is 0 Å². The third-order valence-electron chi connectivity index (χ3n) is 4.06. The Balaban J connectivity index is 2.32. The van der Waals surface area contributed by atoms with Gasteiger partial charge in [0.2, 0.25) is 0 Å². The maximum Gasteiger partial charge on any atom is 0.0915 e. The summed E-state index contributed by atoms with van der Waals surface area (Å²) in [7, 11) is 0. The van der Waals surface area contributed by atoms with Crippen molar-refractivity contribution in [2.45, 2.75) is 50.5 Å². The first kappa shape index (κ1) is 9.97. The van der Waals surface area contributed by atoms with E-state index in [9.17, 15) is 5.11 Å². The fraction of sp³-hybridized carbons (Fsp3) is 0.692. The van der Waals surface area contributed by atoms with Crippen molar-refractivity contribution < 1.29 is 5.11 Å². The minimum atomic E-state index is -0.637. The van der Waals surface area contributed by atoms with E-state index >= 15 is 0 Å². The highest BCUT2D eigenvalue weighted by molar-refractivity contribution is 5.20. The van der Waals surface area contributed by atoms with Gasteiger partial charge in [0.25, 0.3) is 0 Å².